The van der Waals surface area contributed by atoms with Crippen LogP contribution >= 0.6 is 0 Å². The van der Waals surface area contributed by atoms with Crippen LogP contribution in [0.1, 0.15) is 13.8 Å². The molecule has 0 aliphatic heterocycles. The Hall–Kier alpha value is -2.83. The summed E-state index contributed by atoms with van der Waals surface area (Å²) in [6.45, 7) is 3.40. The molecule has 124 valence electrons. The number of ether oxygens (including phenoxy) is 1. The molecule has 1 heterocycles. The summed E-state index contributed by atoms with van der Waals surface area (Å²) in [5, 5.41) is 4.21. The van der Waals surface area contributed by atoms with Crippen LogP contribution in [-0.4, -0.2) is 11.1 Å². The Morgan fingerprint density at radius 2 is 1.79 bits per heavy atom. The van der Waals surface area contributed by atoms with Gasteiger partial charge in [0, 0.05) is 17.0 Å². The van der Waals surface area contributed by atoms with Crippen molar-refractivity contribution in [3.8, 4) is 17.0 Å². The Bertz CT molecular complexity index is 911. The Kier molecular flexibility index (Phi) is 4.01. The van der Waals surface area contributed by atoms with Crippen LogP contribution in [0.15, 0.2) is 34.9 Å². The summed E-state index contributed by atoms with van der Waals surface area (Å²) in [7, 11) is 0. The van der Waals surface area contributed by atoms with Gasteiger partial charge in [0.2, 0.25) is 0 Å². The highest BCUT2D eigenvalue weighted by Crippen LogP contribution is 2.32. The number of halogens is 3. The lowest BCUT2D eigenvalue weighted by molar-refractivity contribution is -0.137. The zero-order valence-corrected chi connectivity index (χ0v) is 12.8. The van der Waals surface area contributed by atoms with Gasteiger partial charge in [-0.2, -0.15) is 0 Å². The van der Waals surface area contributed by atoms with E-state index in [-0.39, 0.29) is 28.5 Å². The van der Waals surface area contributed by atoms with E-state index >= 15 is 0 Å². The minimum atomic E-state index is -1.55. The topological polar surface area (TPSA) is 52.3 Å². The first kappa shape index (κ1) is 16.0. The van der Waals surface area contributed by atoms with Gasteiger partial charge in [-0.3, -0.25) is 4.79 Å². The monoisotopic (exact) mass is 335 g/mol. The molecule has 1 aromatic heterocycles. The SMILES string of the molecule is CC(C)C(=O)Oc1ccc2c(-c3cc(F)c(F)c(F)c3)noc2c1. The van der Waals surface area contributed by atoms with E-state index in [1.165, 1.54) is 12.1 Å². The summed E-state index contributed by atoms with van der Waals surface area (Å²) >= 11 is 0. The average Bonchev–Trinajstić information content (AvgIpc) is 2.95. The molecule has 0 aliphatic rings. The van der Waals surface area contributed by atoms with Gasteiger partial charge in [0.05, 0.1) is 5.92 Å². The van der Waals surface area contributed by atoms with Crippen molar-refractivity contribution < 1.29 is 27.2 Å². The highest BCUT2D eigenvalue weighted by molar-refractivity contribution is 5.92. The van der Waals surface area contributed by atoms with Crippen LogP contribution in [0.3, 0.4) is 0 Å². The van der Waals surface area contributed by atoms with E-state index in [2.05, 4.69) is 5.16 Å². The summed E-state index contributed by atoms with van der Waals surface area (Å²) in [6.07, 6.45) is 0. The zero-order chi connectivity index (χ0) is 17.4. The van der Waals surface area contributed by atoms with Crippen molar-refractivity contribution in [1.29, 1.82) is 0 Å². The lowest BCUT2D eigenvalue weighted by Gasteiger charge is -2.06. The number of aromatic nitrogens is 1. The smallest absolute Gasteiger partial charge is 0.313 e. The predicted octanol–water partition coefficient (Wildman–Crippen LogP) is 4.47. The number of nitrogens with zero attached hydrogens (tertiary/aromatic N) is 1. The Labute approximate surface area is 134 Å². The van der Waals surface area contributed by atoms with Crippen molar-refractivity contribution in [3.05, 3.63) is 47.8 Å². The number of hydrogen-bond acceptors (Lipinski definition) is 4. The Balaban J connectivity index is 2.01. The second-order valence-corrected chi connectivity index (χ2v) is 5.52. The summed E-state index contributed by atoms with van der Waals surface area (Å²) in [6, 6.07) is 6.18. The Morgan fingerprint density at radius 1 is 1.12 bits per heavy atom. The largest absolute Gasteiger partial charge is 0.426 e. The van der Waals surface area contributed by atoms with Crippen LogP contribution in [0.25, 0.3) is 22.2 Å². The number of fused-ring (bicyclic) bond motifs is 1. The summed E-state index contributed by atoms with van der Waals surface area (Å²) in [5.74, 6) is -4.62. The van der Waals surface area contributed by atoms with E-state index in [0.717, 1.165) is 12.1 Å². The molecule has 0 fully saturated rings. The van der Waals surface area contributed by atoms with Crippen LogP contribution in [-0.2, 0) is 4.79 Å². The molecule has 2 aromatic carbocycles. The van der Waals surface area contributed by atoms with E-state index < -0.39 is 23.4 Å². The second kappa shape index (κ2) is 5.99. The van der Waals surface area contributed by atoms with Crippen LogP contribution in [0.5, 0.6) is 5.75 Å². The van der Waals surface area contributed by atoms with E-state index in [0.29, 0.717) is 5.39 Å². The maximum absolute atomic E-state index is 13.4. The van der Waals surface area contributed by atoms with Crippen molar-refractivity contribution in [2.45, 2.75) is 13.8 Å². The molecular formula is C17H12F3NO3. The van der Waals surface area contributed by atoms with Gasteiger partial charge in [-0.25, -0.2) is 13.2 Å². The fourth-order valence-electron chi connectivity index (χ4n) is 2.12. The molecule has 0 unspecified atom stereocenters. The molecule has 0 aliphatic carbocycles. The molecule has 0 spiro atoms. The van der Waals surface area contributed by atoms with Crippen LogP contribution in [0, 0.1) is 23.4 Å². The molecule has 0 atom stereocenters. The minimum Gasteiger partial charge on any atom is -0.426 e. The second-order valence-electron chi connectivity index (χ2n) is 5.52. The standard InChI is InChI=1S/C17H12F3NO3/c1-8(2)17(22)23-10-3-4-11-14(7-10)24-21-16(11)9-5-12(18)15(20)13(19)6-9/h3-8H,1-2H3. The van der Waals surface area contributed by atoms with E-state index in [4.69, 9.17) is 9.26 Å². The molecule has 7 heteroatoms. The predicted molar refractivity (Wildman–Crippen MR) is 79.8 cm³/mol. The molecule has 4 nitrogen and oxygen atoms in total. The van der Waals surface area contributed by atoms with Gasteiger partial charge in [-0.05, 0) is 24.3 Å². The maximum atomic E-state index is 13.4. The highest BCUT2D eigenvalue weighted by Gasteiger charge is 2.17. The number of rotatable bonds is 3. The third-order valence-electron chi connectivity index (χ3n) is 3.39. The molecule has 3 aromatic rings. The van der Waals surface area contributed by atoms with Crippen LogP contribution in [0.2, 0.25) is 0 Å². The fraction of sp³-hybridized carbons (Fsp3) is 0.176. The zero-order valence-electron chi connectivity index (χ0n) is 12.8. The van der Waals surface area contributed by atoms with Crippen molar-refractivity contribution in [3.63, 3.8) is 0 Å². The van der Waals surface area contributed by atoms with Gasteiger partial charge in [0.1, 0.15) is 11.4 Å². The molecule has 0 amide bonds. The van der Waals surface area contributed by atoms with Gasteiger partial charge in [-0.1, -0.05) is 19.0 Å². The number of esters is 1. The first-order valence-corrected chi connectivity index (χ1v) is 7.13. The van der Waals surface area contributed by atoms with Gasteiger partial charge in [0.25, 0.3) is 0 Å². The minimum absolute atomic E-state index is 0.0390. The summed E-state index contributed by atoms with van der Waals surface area (Å²) in [4.78, 5) is 11.6. The lowest BCUT2D eigenvalue weighted by atomic mass is 10.1. The molecule has 0 saturated carbocycles. The van der Waals surface area contributed by atoms with Crippen LogP contribution in [0.4, 0.5) is 13.2 Å². The molecule has 0 radical (unpaired) electrons. The van der Waals surface area contributed by atoms with Crippen molar-refractivity contribution in [1.82, 2.24) is 5.16 Å². The number of carbonyl (C=O) groups excluding carboxylic acids is 1. The number of carbonyl (C=O) groups is 1. The van der Waals surface area contributed by atoms with E-state index in [1.54, 1.807) is 19.9 Å². The van der Waals surface area contributed by atoms with Gasteiger partial charge in [-0.15, -0.1) is 0 Å². The average molecular weight is 335 g/mol. The molecule has 0 saturated heterocycles. The van der Waals surface area contributed by atoms with Crippen molar-refractivity contribution >= 4 is 16.9 Å². The molecule has 3 rings (SSSR count). The third-order valence-corrected chi connectivity index (χ3v) is 3.39. The van der Waals surface area contributed by atoms with Crippen molar-refractivity contribution in [2.24, 2.45) is 5.92 Å². The summed E-state index contributed by atoms with van der Waals surface area (Å²) < 4.78 is 50.1. The number of benzene rings is 2. The summed E-state index contributed by atoms with van der Waals surface area (Å²) in [5.41, 5.74) is 0.464. The fourth-order valence-corrected chi connectivity index (χ4v) is 2.12. The van der Waals surface area contributed by atoms with Gasteiger partial charge < -0.3 is 9.26 Å². The van der Waals surface area contributed by atoms with Crippen molar-refractivity contribution in [2.75, 3.05) is 0 Å². The lowest BCUT2D eigenvalue weighted by Crippen LogP contribution is -2.14. The molecule has 0 N–H and O–H groups in total. The molecular weight excluding hydrogens is 323 g/mol. The van der Waals surface area contributed by atoms with Gasteiger partial charge in [0.15, 0.2) is 23.0 Å². The number of hydrogen-bond donors (Lipinski definition) is 0. The van der Waals surface area contributed by atoms with Crippen LogP contribution < -0.4 is 4.74 Å². The Morgan fingerprint density at radius 3 is 2.42 bits per heavy atom. The first-order valence-electron chi connectivity index (χ1n) is 7.13. The van der Waals surface area contributed by atoms with Gasteiger partial charge >= 0.3 is 5.97 Å². The quantitative estimate of drug-likeness (QED) is 0.402. The highest BCUT2D eigenvalue weighted by atomic mass is 19.2. The third kappa shape index (κ3) is 2.84. The van der Waals surface area contributed by atoms with E-state index in [9.17, 15) is 18.0 Å². The maximum Gasteiger partial charge on any atom is 0.313 e. The molecule has 24 heavy (non-hydrogen) atoms. The first-order chi connectivity index (χ1) is 11.4. The molecule has 0 bridgehead atoms. The normalized spacial score (nSPS) is 11.2. The van der Waals surface area contributed by atoms with E-state index in [1.807, 2.05) is 0 Å².